The zero-order valence-electron chi connectivity index (χ0n) is 9.66. The largest absolute Gasteiger partial charge is 0.299 e. The second-order valence-corrected chi connectivity index (χ2v) is 5.32. The molecule has 2 unspecified atom stereocenters. The summed E-state index contributed by atoms with van der Waals surface area (Å²) in [5, 5.41) is 0. The summed E-state index contributed by atoms with van der Waals surface area (Å²) in [6, 6.07) is 0. The van der Waals surface area contributed by atoms with Crippen LogP contribution in [0.1, 0.15) is 34.1 Å². The molecule has 82 valence electrons. The molecule has 0 amide bonds. The Morgan fingerprint density at radius 2 is 1.43 bits per heavy atom. The number of rotatable bonds is 3. The Morgan fingerprint density at radius 3 is 1.79 bits per heavy atom. The molecule has 0 saturated heterocycles. The van der Waals surface area contributed by atoms with E-state index in [1.165, 1.54) is 0 Å². The normalized spacial score (nSPS) is 42.8. The van der Waals surface area contributed by atoms with E-state index in [2.05, 4.69) is 40.3 Å². The average molecular weight is 214 g/mol. The van der Waals surface area contributed by atoms with Crippen molar-refractivity contribution in [1.82, 2.24) is 0 Å². The minimum Gasteiger partial charge on any atom is -0.299 e. The molecule has 1 aliphatic rings. The molecule has 0 radical (unpaired) electrons. The van der Waals surface area contributed by atoms with E-state index >= 15 is 0 Å². The molecule has 0 N–H and O–H groups in total. The second kappa shape index (κ2) is 4.69. The van der Waals surface area contributed by atoms with Gasteiger partial charge in [-0.3, -0.25) is 4.79 Å². The number of carbonyl (C=O) groups is 1. The van der Waals surface area contributed by atoms with Gasteiger partial charge in [0.1, 0.15) is 5.78 Å². The van der Waals surface area contributed by atoms with Gasteiger partial charge in [-0.15, -0.1) is 0 Å². The Hall–Kier alpha value is 0.0200. The topological polar surface area (TPSA) is 17.1 Å². The van der Waals surface area contributed by atoms with Crippen LogP contribution >= 0.6 is 12.6 Å². The Labute approximate surface area is 93.1 Å². The van der Waals surface area contributed by atoms with E-state index in [0.717, 1.165) is 18.3 Å². The molecule has 1 rings (SSSR count). The van der Waals surface area contributed by atoms with Gasteiger partial charge in [-0.25, -0.2) is 0 Å². The van der Waals surface area contributed by atoms with Crippen molar-refractivity contribution in [2.45, 2.75) is 34.1 Å². The van der Waals surface area contributed by atoms with Crippen LogP contribution in [-0.4, -0.2) is 11.5 Å². The van der Waals surface area contributed by atoms with Crippen molar-refractivity contribution in [1.29, 1.82) is 0 Å². The van der Waals surface area contributed by atoms with E-state index in [9.17, 15) is 4.79 Å². The minimum absolute atomic E-state index is 0.304. The van der Waals surface area contributed by atoms with Gasteiger partial charge < -0.3 is 0 Å². The van der Waals surface area contributed by atoms with E-state index in [1.807, 2.05) is 0 Å². The van der Waals surface area contributed by atoms with E-state index in [0.29, 0.717) is 29.3 Å². The molecule has 0 aromatic rings. The first-order valence-electron chi connectivity index (χ1n) is 5.61. The summed E-state index contributed by atoms with van der Waals surface area (Å²) in [5.74, 6) is 4.16. The smallest absolute Gasteiger partial charge is 0.142 e. The molecular weight excluding hydrogens is 192 g/mol. The highest BCUT2D eigenvalue weighted by molar-refractivity contribution is 7.81. The van der Waals surface area contributed by atoms with Gasteiger partial charge in [-0.1, -0.05) is 27.7 Å². The highest BCUT2D eigenvalue weighted by Crippen LogP contribution is 2.46. The van der Waals surface area contributed by atoms with E-state index in [-0.39, 0.29) is 0 Å². The lowest BCUT2D eigenvalue weighted by atomic mass is 9.85. The molecule has 0 aliphatic heterocycles. The average Bonchev–Trinajstić information content (AvgIpc) is 2.35. The fourth-order valence-corrected chi connectivity index (χ4v) is 3.04. The van der Waals surface area contributed by atoms with Gasteiger partial charge in [0.15, 0.2) is 0 Å². The standard InChI is InChI=1S/C12H22OS/c1-7-8(2)10(4)12(9(7)3)5-11(13)6-14/h7-10,12,14H,5-6H2,1-4H3/t7-,8?,9-,10+,12?/m1/s1. The Kier molecular flexibility index (Phi) is 4.05. The van der Waals surface area contributed by atoms with Crippen molar-refractivity contribution in [3.8, 4) is 0 Å². The Balaban J connectivity index is 2.65. The summed E-state index contributed by atoms with van der Waals surface area (Å²) in [5.41, 5.74) is 0. The molecule has 2 heteroatoms. The van der Waals surface area contributed by atoms with Gasteiger partial charge in [-0.05, 0) is 29.6 Å². The predicted octanol–water partition coefficient (Wildman–Crippen LogP) is 3.05. The number of hydrogen-bond donors (Lipinski definition) is 1. The maximum atomic E-state index is 11.4. The first-order chi connectivity index (χ1) is 6.49. The van der Waals surface area contributed by atoms with Crippen LogP contribution < -0.4 is 0 Å². The zero-order valence-corrected chi connectivity index (χ0v) is 10.6. The molecule has 14 heavy (non-hydrogen) atoms. The predicted molar refractivity (Wildman–Crippen MR) is 63.6 cm³/mol. The van der Waals surface area contributed by atoms with Crippen LogP contribution in [0.2, 0.25) is 0 Å². The van der Waals surface area contributed by atoms with Crippen LogP contribution in [0.4, 0.5) is 0 Å². The SMILES string of the molecule is CC1[C@H](C)C(CC(=O)CS)[C@H](C)[C@@H]1C. The molecule has 0 bridgehead atoms. The third kappa shape index (κ3) is 2.16. The lowest BCUT2D eigenvalue weighted by Gasteiger charge is -2.19. The maximum absolute atomic E-state index is 11.4. The van der Waals surface area contributed by atoms with Crippen LogP contribution in [0.5, 0.6) is 0 Å². The summed E-state index contributed by atoms with van der Waals surface area (Å²) in [6.45, 7) is 9.22. The number of ketones is 1. The van der Waals surface area contributed by atoms with Crippen LogP contribution in [0.25, 0.3) is 0 Å². The molecule has 1 saturated carbocycles. The van der Waals surface area contributed by atoms with Gasteiger partial charge in [0.2, 0.25) is 0 Å². The first kappa shape index (κ1) is 12.1. The number of hydrogen-bond acceptors (Lipinski definition) is 2. The zero-order chi connectivity index (χ0) is 10.9. The third-order valence-corrected chi connectivity index (χ3v) is 4.83. The van der Waals surface area contributed by atoms with Crippen molar-refractivity contribution in [3.63, 3.8) is 0 Å². The van der Waals surface area contributed by atoms with E-state index in [1.54, 1.807) is 0 Å². The van der Waals surface area contributed by atoms with Crippen molar-refractivity contribution in [3.05, 3.63) is 0 Å². The van der Waals surface area contributed by atoms with Crippen molar-refractivity contribution in [2.75, 3.05) is 5.75 Å². The lowest BCUT2D eigenvalue weighted by Crippen LogP contribution is -2.18. The molecule has 0 aromatic heterocycles. The summed E-state index contributed by atoms with van der Waals surface area (Å²) in [6.07, 6.45) is 0.737. The number of thiol groups is 1. The van der Waals surface area contributed by atoms with E-state index < -0.39 is 0 Å². The summed E-state index contributed by atoms with van der Waals surface area (Å²) >= 11 is 4.04. The molecule has 5 atom stereocenters. The molecule has 0 aromatic carbocycles. The molecular formula is C12H22OS. The monoisotopic (exact) mass is 214 g/mol. The number of carbonyl (C=O) groups excluding carboxylic acids is 1. The Morgan fingerprint density at radius 1 is 1.00 bits per heavy atom. The fraction of sp³-hybridized carbons (Fsp3) is 0.917. The Bertz CT molecular complexity index is 200. The quantitative estimate of drug-likeness (QED) is 0.715. The van der Waals surface area contributed by atoms with Crippen LogP contribution in [0.3, 0.4) is 0 Å². The van der Waals surface area contributed by atoms with Crippen LogP contribution in [0.15, 0.2) is 0 Å². The molecule has 1 aliphatic carbocycles. The van der Waals surface area contributed by atoms with Crippen LogP contribution in [-0.2, 0) is 4.79 Å². The van der Waals surface area contributed by atoms with Crippen molar-refractivity contribution in [2.24, 2.45) is 29.6 Å². The second-order valence-electron chi connectivity index (χ2n) is 5.00. The van der Waals surface area contributed by atoms with Gasteiger partial charge in [0, 0.05) is 12.2 Å². The minimum atomic E-state index is 0.304. The van der Waals surface area contributed by atoms with Gasteiger partial charge in [-0.2, -0.15) is 12.6 Å². The summed E-state index contributed by atoms with van der Waals surface area (Å²) in [4.78, 5) is 11.4. The van der Waals surface area contributed by atoms with Gasteiger partial charge in [0.25, 0.3) is 0 Å². The summed E-state index contributed by atoms with van der Waals surface area (Å²) in [7, 11) is 0. The van der Waals surface area contributed by atoms with Crippen molar-refractivity contribution >= 4 is 18.4 Å². The summed E-state index contributed by atoms with van der Waals surface area (Å²) < 4.78 is 0. The fourth-order valence-electron chi connectivity index (χ4n) is 2.92. The van der Waals surface area contributed by atoms with Gasteiger partial charge in [0.05, 0.1) is 0 Å². The lowest BCUT2D eigenvalue weighted by molar-refractivity contribution is -0.118. The van der Waals surface area contributed by atoms with Gasteiger partial charge >= 0.3 is 0 Å². The third-order valence-electron chi connectivity index (χ3n) is 4.48. The van der Waals surface area contributed by atoms with Crippen molar-refractivity contribution < 1.29 is 4.79 Å². The molecule has 0 spiro atoms. The highest BCUT2D eigenvalue weighted by Gasteiger charge is 2.41. The molecule has 1 fully saturated rings. The molecule has 1 nitrogen and oxygen atoms in total. The first-order valence-corrected chi connectivity index (χ1v) is 6.24. The maximum Gasteiger partial charge on any atom is 0.142 e. The molecule has 0 heterocycles. The van der Waals surface area contributed by atoms with Crippen LogP contribution in [0, 0.1) is 29.6 Å². The van der Waals surface area contributed by atoms with E-state index in [4.69, 9.17) is 0 Å². The number of Topliss-reactive ketones (excluding diaryl/α,β-unsaturated/α-hetero) is 1. The highest BCUT2D eigenvalue weighted by atomic mass is 32.1.